The highest BCUT2D eigenvalue weighted by atomic mass is 19.1. The minimum atomic E-state index is -0.366. The second-order valence-corrected chi connectivity index (χ2v) is 6.21. The molecule has 1 fully saturated rings. The molecule has 7 heteroatoms. The molecule has 4 rings (SSSR count). The maximum atomic E-state index is 13.0. The zero-order chi connectivity index (χ0) is 17.9. The first-order valence-electron chi connectivity index (χ1n) is 8.48. The third-order valence-electron chi connectivity index (χ3n) is 4.26. The largest absolute Gasteiger partial charge is 0.451 e. The normalized spacial score (nSPS) is 16.7. The quantitative estimate of drug-likeness (QED) is 0.757. The molecule has 1 aromatic carbocycles. The highest BCUT2D eigenvalue weighted by molar-refractivity contribution is 6.02. The number of carbonyl (C=O) groups excluding carboxylic acids is 1. The average molecular weight is 355 g/mol. The van der Waals surface area contributed by atoms with Crippen molar-refractivity contribution in [2.45, 2.75) is 25.5 Å². The van der Waals surface area contributed by atoms with E-state index in [-0.39, 0.29) is 23.6 Å². The van der Waals surface area contributed by atoms with Crippen LogP contribution in [0.4, 0.5) is 10.1 Å². The summed E-state index contributed by atoms with van der Waals surface area (Å²) in [7, 11) is 0. The van der Waals surface area contributed by atoms with E-state index < -0.39 is 0 Å². The number of hydrogen-bond donors (Lipinski definition) is 1. The summed E-state index contributed by atoms with van der Waals surface area (Å²) < 4.78 is 25.9. The number of ether oxygens (including phenoxy) is 1. The summed E-state index contributed by atoms with van der Waals surface area (Å²) in [5.41, 5.74) is 1.29. The van der Waals surface area contributed by atoms with Crippen molar-refractivity contribution in [3.05, 3.63) is 60.4 Å². The molecule has 1 aliphatic rings. The Bertz CT molecular complexity index is 895. The van der Waals surface area contributed by atoms with Gasteiger partial charge in [0.1, 0.15) is 11.6 Å². The molecule has 0 unspecified atom stereocenters. The molecule has 0 radical (unpaired) electrons. The molecular weight excluding hydrogens is 337 g/mol. The van der Waals surface area contributed by atoms with Crippen molar-refractivity contribution in [2.24, 2.45) is 0 Å². The number of carbonyl (C=O) groups is 1. The molecule has 3 heterocycles. The van der Waals surface area contributed by atoms with Crippen LogP contribution in [0.1, 0.15) is 23.4 Å². The van der Waals surface area contributed by atoms with Crippen LogP contribution < -0.4 is 5.32 Å². The molecule has 0 saturated carbocycles. The zero-order valence-electron chi connectivity index (χ0n) is 14.0. The van der Waals surface area contributed by atoms with E-state index in [0.717, 1.165) is 19.4 Å². The molecule has 0 bridgehead atoms. The number of amides is 1. The molecule has 0 aliphatic carbocycles. The number of nitrogens with zero attached hydrogens (tertiary/aromatic N) is 2. The fourth-order valence-corrected chi connectivity index (χ4v) is 2.95. The molecule has 26 heavy (non-hydrogen) atoms. The Morgan fingerprint density at radius 1 is 1.27 bits per heavy atom. The first-order chi connectivity index (χ1) is 12.7. The molecule has 6 nitrogen and oxygen atoms in total. The van der Waals surface area contributed by atoms with Crippen LogP contribution in [0.2, 0.25) is 0 Å². The van der Waals surface area contributed by atoms with Crippen LogP contribution in [0, 0.1) is 5.82 Å². The van der Waals surface area contributed by atoms with Crippen LogP contribution in [-0.2, 0) is 11.3 Å². The minimum absolute atomic E-state index is 0.177. The van der Waals surface area contributed by atoms with E-state index in [4.69, 9.17) is 9.15 Å². The van der Waals surface area contributed by atoms with Gasteiger partial charge in [-0.1, -0.05) is 0 Å². The smallest absolute Gasteiger partial charge is 0.291 e. The van der Waals surface area contributed by atoms with Crippen LogP contribution in [-0.4, -0.2) is 28.4 Å². The maximum Gasteiger partial charge on any atom is 0.291 e. The lowest BCUT2D eigenvalue weighted by Gasteiger charge is -2.08. The van der Waals surface area contributed by atoms with E-state index in [0.29, 0.717) is 23.6 Å². The number of hydrogen-bond acceptors (Lipinski definition) is 4. The summed E-state index contributed by atoms with van der Waals surface area (Å²) in [6.45, 7) is 1.47. The SMILES string of the molecule is O=C(Nc1cnn(C[C@@H]2CCCO2)c1)c1ccc(-c2ccc(F)cc2)o1. The monoisotopic (exact) mass is 355 g/mol. The highest BCUT2D eigenvalue weighted by Gasteiger charge is 2.17. The lowest BCUT2D eigenvalue weighted by atomic mass is 10.2. The van der Waals surface area contributed by atoms with Gasteiger partial charge in [-0.05, 0) is 49.2 Å². The van der Waals surface area contributed by atoms with E-state index in [2.05, 4.69) is 10.4 Å². The van der Waals surface area contributed by atoms with Gasteiger partial charge >= 0.3 is 0 Å². The van der Waals surface area contributed by atoms with Crippen molar-refractivity contribution < 1.29 is 18.3 Å². The minimum Gasteiger partial charge on any atom is -0.451 e. The summed E-state index contributed by atoms with van der Waals surface area (Å²) in [4.78, 5) is 12.3. The zero-order valence-corrected chi connectivity index (χ0v) is 14.0. The lowest BCUT2D eigenvalue weighted by molar-refractivity contribution is 0.0940. The number of furan rings is 1. The number of anilines is 1. The molecule has 2 aromatic heterocycles. The third kappa shape index (κ3) is 3.67. The van der Waals surface area contributed by atoms with Gasteiger partial charge in [-0.15, -0.1) is 0 Å². The van der Waals surface area contributed by atoms with Crippen LogP contribution in [0.15, 0.2) is 53.2 Å². The molecule has 1 aliphatic heterocycles. The van der Waals surface area contributed by atoms with Crippen molar-refractivity contribution in [1.82, 2.24) is 9.78 Å². The maximum absolute atomic E-state index is 13.0. The molecule has 3 aromatic rings. The van der Waals surface area contributed by atoms with Gasteiger partial charge in [0.25, 0.3) is 5.91 Å². The molecule has 1 atom stereocenters. The predicted octanol–water partition coefficient (Wildman–Crippen LogP) is 3.71. The van der Waals surface area contributed by atoms with Gasteiger partial charge < -0.3 is 14.5 Å². The summed E-state index contributed by atoms with van der Waals surface area (Å²) in [5, 5.41) is 7.00. The summed E-state index contributed by atoms with van der Waals surface area (Å²) >= 11 is 0. The number of rotatable bonds is 5. The fourth-order valence-electron chi connectivity index (χ4n) is 2.95. The predicted molar refractivity (Wildman–Crippen MR) is 93.3 cm³/mol. The number of halogens is 1. The van der Waals surface area contributed by atoms with E-state index in [1.165, 1.54) is 12.1 Å². The summed E-state index contributed by atoms with van der Waals surface area (Å²) in [6.07, 6.45) is 5.65. The van der Waals surface area contributed by atoms with Gasteiger partial charge in [-0.3, -0.25) is 9.48 Å². The average Bonchev–Trinajstić information content (AvgIpc) is 3.38. The first-order valence-corrected chi connectivity index (χ1v) is 8.48. The Hall–Kier alpha value is -2.93. The Morgan fingerprint density at radius 2 is 2.12 bits per heavy atom. The Morgan fingerprint density at radius 3 is 2.88 bits per heavy atom. The summed E-state index contributed by atoms with van der Waals surface area (Å²) in [5.74, 6) is -0.00579. The number of benzene rings is 1. The van der Waals surface area contributed by atoms with Gasteiger partial charge in [0.05, 0.1) is 24.5 Å². The first kappa shape index (κ1) is 16.5. The Kier molecular flexibility index (Phi) is 4.53. The number of aromatic nitrogens is 2. The Labute approximate surface area is 149 Å². The lowest BCUT2D eigenvalue weighted by Crippen LogP contribution is -2.15. The van der Waals surface area contributed by atoms with Crippen LogP contribution >= 0.6 is 0 Å². The molecule has 1 amide bonds. The van der Waals surface area contributed by atoms with Crippen LogP contribution in [0.5, 0.6) is 0 Å². The van der Waals surface area contributed by atoms with Gasteiger partial charge in [0.2, 0.25) is 0 Å². The van der Waals surface area contributed by atoms with Crippen LogP contribution in [0.3, 0.4) is 0 Å². The standard InChI is InChI=1S/C19H18FN3O3/c20-14-5-3-13(4-6-14)17-7-8-18(26-17)19(24)22-15-10-21-23(11-15)12-16-2-1-9-25-16/h3-8,10-11,16H,1-2,9,12H2,(H,22,24)/t16-/m0/s1. The molecule has 0 spiro atoms. The third-order valence-corrected chi connectivity index (χ3v) is 4.26. The molecule has 134 valence electrons. The number of nitrogens with one attached hydrogen (secondary N) is 1. The van der Waals surface area contributed by atoms with Crippen molar-refractivity contribution in [3.8, 4) is 11.3 Å². The van der Waals surface area contributed by atoms with Gasteiger partial charge in [0.15, 0.2) is 5.76 Å². The highest BCUT2D eigenvalue weighted by Crippen LogP contribution is 2.23. The molecule has 1 N–H and O–H groups in total. The van der Waals surface area contributed by atoms with Crippen molar-refractivity contribution in [3.63, 3.8) is 0 Å². The summed E-state index contributed by atoms with van der Waals surface area (Å²) in [6, 6.07) is 9.17. The van der Waals surface area contributed by atoms with Crippen molar-refractivity contribution in [1.29, 1.82) is 0 Å². The van der Waals surface area contributed by atoms with E-state index in [1.54, 1.807) is 41.3 Å². The van der Waals surface area contributed by atoms with Gasteiger partial charge in [-0.25, -0.2) is 4.39 Å². The Balaban J connectivity index is 1.40. The topological polar surface area (TPSA) is 69.3 Å². The van der Waals surface area contributed by atoms with E-state index in [1.807, 2.05) is 0 Å². The van der Waals surface area contributed by atoms with E-state index in [9.17, 15) is 9.18 Å². The molecule has 1 saturated heterocycles. The van der Waals surface area contributed by atoms with Gasteiger partial charge in [0, 0.05) is 18.4 Å². The fraction of sp³-hybridized carbons (Fsp3) is 0.263. The molecular formula is C19H18FN3O3. The van der Waals surface area contributed by atoms with Gasteiger partial charge in [-0.2, -0.15) is 5.10 Å². The van der Waals surface area contributed by atoms with Crippen molar-refractivity contribution >= 4 is 11.6 Å². The second kappa shape index (κ2) is 7.13. The second-order valence-electron chi connectivity index (χ2n) is 6.21. The van der Waals surface area contributed by atoms with Crippen molar-refractivity contribution in [2.75, 3.05) is 11.9 Å². The van der Waals surface area contributed by atoms with E-state index >= 15 is 0 Å². The van der Waals surface area contributed by atoms with Crippen LogP contribution in [0.25, 0.3) is 11.3 Å².